The fraction of sp³-hybridized carbons (Fsp3) is 0.571. The van der Waals surface area contributed by atoms with Crippen molar-refractivity contribution < 1.29 is 8.42 Å². The molecule has 0 radical (unpaired) electrons. The Bertz CT molecular complexity index is 500. The predicted octanol–water partition coefficient (Wildman–Crippen LogP) is 2.88. The van der Waals surface area contributed by atoms with Crippen molar-refractivity contribution in [3.63, 3.8) is 0 Å². The molecule has 1 rings (SSSR count). The van der Waals surface area contributed by atoms with Crippen LogP contribution in [0.5, 0.6) is 0 Å². The van der Waals surface area contributed by atoms with E-state index in [4.69, 9.17) is 0 Å². The third-order valence-electron chi connectivity index (χ3n) is 3.27. The first-order valence-corrected chi connectivity index (χ1v) is 9.57. The molecule has 6 heteroatoms. The molecule has 0 heterocycles. The van der Waals surface area contributed by atoms with Gasteiger partial charge in [-0.25, -0.2) is 8.42 Å². The van der Waals surface area contributed by atoms with E-state index in [9.17, 15) is 8.42 Å². The van der Waals surface area contributed by atoms with Gasteiger partial charge in [-0.05, 0) is 56.5 Å². The summed E-state index contributed by atoms with van der Waals surface area (Å²) in [6.07, 6.45) is 2.88. The molecule has 0 amide bonds. The van der Waals surface area contributed by atoms with Gasteiger partial charge in [0.15, 0.2) is 0 Å². The number of nitrogens with zero attached hydrogens (tertiary/aromatic N) is 1. The van der Waals surface area contributed by atoms with Crippen molar-refractivity contribution in [2.45, 2.75) is 31.2 Å². The Morgan fingerprint density at radius 1 is 1.30 bits per heavy atom. The van der Waals surface area contributed by atoms with Crippen molar-refractivity contribution in [3.8, 4) is 0 Å². The molecule has 0 aliphatic carbocycles. The van der Waals surface area contributed by atoms with Gasteiger partial charge < -0.3 is 5.32 Å². The van der Waals surface area contributed by atoms with Crippen molar-refractivity contribution in [1.82, 2.24) is 4.31 Å². The molecule has 1 unspecified atom stereocenters. The van der Waals surface area contributed by atoms with Gasteiger partial charge in [0.2, 0.25) is 10.0 Å². The van der Waals surface area contributed by atoms with Crippen LogP contribution in [-0.4, -0.2) is 44.4 Å². The summed E-state index contributed by atoms with van der Waals surface area (Å²) < 4.78 is 26.5. The highest BCUT2D eigenvalue weighted by Gasteiger charge is 2.24. The number of hydrogen-bond acceptors (Lipinski definition) is 4. The quantitative estimate of drug-likeness (QED) is 0.801. The molecular weight excluding hydrogens is 292 g/mol. The topological polar surface area (TPSA) is 49.4 Å². The smallest absolute Gasteiger partial charge is 0.243 e. The van der Waals surface area contributed by atoms with Gasteiger partial charge in [0.1, 0.15) is 0 Å². The van der Waals surface area contributed by atoms with Gasteiger partial charge in [-0.1, -0.05) is 0 Å². The van der Waals surface area contributed by atoms with E-state index in [0.717, 1.165) is 24.4 Å². The van der Waals surface area contributed by atoms with Gasteiger partial charge in [-0.15, -0.1) is 0 Å². The van der Waals surface area contributed by atoms with Gasteiger partial charge in [-0.3, -0.25) is 0 Å². The van der Waals surface area contributed by atoms with E-state index < -0.39 is 10.0 Å². The molecule has 0 aromatic heterocycles. The van der Waals surface area contributed by atoms with Crippen LogP contribution in [0.3, 0.4) is 0 Å². The first kappa shape index (κ1) is 17.3. The maximum absolute atomic E-state index is 12.5. The van der Waals surface area contributed by atoms with Gasteiger partial charge in [0.05, 0.1) is 4.90 Å². The second-order valence-corrected chi connectivity index (χ2v) is 7.69. The molecule has 1 aromatic carbocycles. The second-order valence-electron chi connectivity index (χ2n) is 4.71. The Morgan fingerprint density at radius 2 is 1.90 bits per heavy atom. The number of rotatable bonds is 8. The number of thioether (sulfide) groups is 1. The Morgan fingerprint density at radius 3 is 2.40 bits per heavy atom. The lowest BCUT2D eigenvalue weighted by atomic mass is 10.3. The zero-order chi connectivity index (χ0) is 15.2. The molecule has 1 N–H and O–H groups in total. The third-order valence-corrected chi connectivity index (χ3v) is 5.90. The standard InChI is InChI=1S/C14H24N2O2S2/c1-5-15-13-6-8-14(9-7-13)20(17,18)16(3)12(2)10-11-19-4/h6-9,12,15H,5,10-11H2,1-4H3. The Hall–Kier alpha value is -0.720. The lowest BCUT2D eigenvalue weighted by Gasteiger charge is -2.24. The average molecular weight is 316 g/mol. The van der Waals surface area contributed by atoms with Crippen LogP contribution in [-0.2, 0) is 10.0 Å². The van der Waals surface area contributed by atoms with E-state index in [1.807, 2.05) is 20.1 Å². The maximum Gasteiger partial charge on any atom is 0.243 e. The third kappa shape index (κ3) is 4.40. The highest BCUT2D eigenvalue weighted by molar-refractivity contribution is 7.98. The van der Waals surface area contributed by atoms with Crippen molar-refractivity contribution in [1.29, 1.82) is 0 Å². The molecule has 114 valence electrons. The van der Waals surface area contributed by atoms with Gasteiger partial charge >= 0.3 is 0 Å². The molecule has 1 aromatic rings. The molecule has 4 nitrogen and oxygen atoms in total. The summed E-state index contributed by atoms with van der Waals surface area (Å²) in [7, 11) is -1.75. The zero-order valence-electron chi connectivity index (χ0n) is 12.6. The van der Waals surface area contributed by atoms with E-state index in [-0.39, 0.29) is 6.04 Å². The highest BCUT2D eigenvalue weighted by atomic mass is 32.2. The van der Waals surface area contributed by atoms with Crippen LogP contribution in [0.2, 0.25) is 0 Å². The summed E-state index contributed by atoms with van der Waals surface area (Å²) in [5, 5.41) is 3.15. The predicted molar refractivity (Wildman–Crippen MR) is 88.0 cm³/mol. The Labute approximate surface area is 127 Å². The van der Waals surface area contributed by atoms with Crippen LogP contribution >= 0.6 is 11.8 Å². The van der Waals surface area contributed by atoms with E-state index in [0.29, 0.717) is 4.90 Å². The van der Waals surface area contributed by atoms with E-state index >= 15 is 0 Å². The minimum Gasteiger partial charge on any atom is -0.385 e. The van der Waals surface area contributed by atoms with Crippen molar-refractivity contribution in [3.05, 3.63) is 24.3 Å². The molecule has 1 atom stereocenters. The first-order chi connectivity index (χ1) is 9.43. The van der Waals surface area contributed by atoms with Crippen LogP contribution < -0.4 is 5.32 Å². The summed E-state index contributed by atoms with van der Waals surface area (Å²) in [6, 6.07) is 6.92. The maximum atomic E-state index is 12.5. The Balaban J connectivity index is 2.86. The van der Waals surface area contributed by atoms with E-state index in [1.54, 1.807) is 43.1 Å². The molecule has 0 aliphatic heterocycles. The monoisotopic (exact) mass is 316 g/mol. The zero-order valence-corrected chi connectivity index (χ0v) is 14.2. The van der Waals surface area contributed by atoms with Crippen molar-refractivity contribution >= 4 is 27.5 Å². The van der Waals surface area contributed by atoms with Gasteiger partial charge in [-0.2, -0.15) is 16.1 Å². The molecule has 0 saturated carbocycles. The summed E-state index contributed by atoms with van der Waals surface area (Å²) >= 11 is 1.73. The lowest BCUT2D eigenvalue weighted by molar-refractivity contribution is 0.382. The highest BCUT2D eigenvalue weighted by Crippen LogP contribution is 2.20. The molecule has 0 aliphatic rings. The van der Waals surface area contributed by atoms with Gasteiger partial charge in [0, 0.05) is 25.3 Å². The van der Waals surface area contributed by atoms with Crippen LogP contribution in [0, 0.1) is 0 Å². The van der Waals surface area contributed by atoms with Gasteiger partial charge in [0.25, 0.3) is 0 Å². The largest absolute Gasteiger partial charge is 0.385 e. The van der Waals surface area contributed by atoms with Crippen LogP contribution in [0.4, 0.5) is 5.69 Å². The second kappa shape index (κ2) is 7.90. The van der Waals surface area contributed by atoms with Crippen molar-refractivity contribution in [2.24, 2.45) is 0 Å². The minimum atomic E-state index is -3.40. The molecule has 0 saturated heterocycles. The number of nitrogens with one attached hydrogen (secondary N) is 1. The summed E-state index contributed by atoms with van der Waals surface area (Å²) in [4.78, 5) is 0.345. The fourth-order valence-electron chi connectivity index (χ4n) is 1.82. The molecule has 0 spiro atoms. The van der Waals surface area contributed by atoms with Crippen LogP contribution in [0.15, 0.2) is 29.2 Å². The molecule has 0 bridgehead atoms. The summed E-state index contributed by atoms with van der Waals surface area (Å²) in [6.45, 7) is 4.77. The summed E-state index contributed by atoms with van der Waals surface area (Å²) in [5.41, 5.74) is 0.935. The normalized spacial score (nSPS) is 13.4. The molecular formula is C14H24N2O2S2. The SMILES string of the molecule is CCNc1ccc(S(=O)(=O)N(C)C(C)CCSC)cc1. The number of benzene rings is 1. The molecule has 0 fully saturated rings. The van der Waals surface area contributed by atoms with Crippen LogP contribution in [0.1, 0.15) is 20.3 Å². The number of hydrogen-bond donors (Lipinski definition) is 1. The van der Waals surface area contributed by atoms with Crippen LogP contribution in [0.25, 0.3) is 0 Å². The lowest BCUT2D eigenvalue weighted by Crippen LogP contribution is -2.35. The first-order valence-electron chi connectivity index (χ1n) is 6.74. The average Bonchev–Trinajstić information content (AvgIpc) is 2.44. The molecule has 20 heavy (non-hydrogen) atoms. The van der Waals surface area contributed by atoms with E-state index in [2.05, 4.69) is 5.32 Å². The van der Waals surface area contributed by atoms with E-state index in [1.165, 1.54) is 4.31 Å². The fourth-order valence-corrected chi connectivity index (χ4v) is 3.79. The summed E-state index contributed by atoms with van der Waals surface area (Å²) in [5.74, 6) is 0.959. The minimum absolute atomic E-state index is 0.000827. The van der Waals surface area contributed by atoms with Crippen molar-refractivity contribution in [2.75, 3.05) is 30.9 Å². The number of sulfonamides is 1. The Kier molecular flexibility index (Phi) is 6.85. The number of anilines is 1.